The number of esters is 2. The summed E-state index contributed by atoms with van der Waals surface area (Å²) in [6.07, 6.45) is 1.40. The number of rotatable bonds is 4. The lowest BCUT2D eigenvalue weighted by atomic mass is 9.80. The van der Waals surface area contributed by atoms with Crippen molar-refractivity contribution in [2.24, 2.45) is 5.92 Å². The third kappa shape index (κ3) is 3.88. The Kier molecular flexibility index (Phi) is 5.30. The average Bonchev–Trinajstić information content (AvgIpc) is 2.83. The minimum Gasteiger partial charge on any atom is -0.458 e. The van der Waals surface area contributed by atoms with E-state index in [1.807, 2.05) is 19.1 Å². The first-order chi connectivity index (χ1) is 11.5. The topological polar surface area (TPSA) is 72.8 Å². The van der Waals surface area contributed by atoms with Gasteiger partial charge in [-0.3, -0.25) is 4.79 Å². The van der Waals surface area contributed by atoms with Crippen LogP contribution in [0.2, 0.25) is 0 Å². The molecule has 0 bridgehead atoms. The van der Waals surface area contributed by atoms with Crippen molar-refractivity contribution in [3.63, 3.8) is 0 Å². The van der Waals surface area contributed by atoms with Gasteiger partial charge < -0.3 is 14.6 Å². The molecule has 0 saturated heterocycles. The molecule has 0 saturated carbocycles. The number of hydrogen-bond donors (Lipinski definition) is 1. The number of allylic oxidation sites excluding steroid dienone is 1. The maximum absolute atomic E-state index is 12.9. The standard InChI is InChI=1S/C19H23ClO5/c1-11-8-6-7-9-13(11)15(20)19(23,17(22)25-18(3,4)5)14-10-12(2)24-16(14)21/h6-10,14-15,23H,1-5H3/t14-,15-,19+/m0/s1. The summed E-state index contributed by atoms with van der Waals surface area (Å²) in [6, 6.07) is 7.09. The fourth-order valence-corrected chi connectivity index (χ4v) is 3.19. The minimum atomic E-state index is -2.30. The highest BCUT2D eigenvalue weighted by molar-refractivity contribution is 6.24. The summed E-state index contributed by atoms with van der Waals surface area (Å²) in [5, 5.41) is 10.1. The first-order valence-electron chi connectivity index (χ1n) is 8.02. The maximum atomic E-state index is 12.9. The average molecular weight is 367 g/mol. The fraction of sp³-hybridized carbons (Fsp3) is 0.474. The highest BCUT2D eigenvalue weighted by Crippen LogP contribution is 2.43. The second-order valence-electron chi connectivity index (χ2n) is 7.22. The monoisotopic (exact) mass is 366 g/mol. The van der Waals surface area contributed by atoms with Crippen molar-refractivity contribution in [2.75, 3.05) is 0 Å². The second-order valence-corrected chi connectivity index (χ2v) is 7.66. The van der Waals surface area contributed by atoms with E-state index in [9.17, 15) is 14.7 Å². The number of alkyl halides is 1. The van der Waals surface area contributed by atoms with E-state index in [0.29, 0.717) is 11.3 Å². The van der Waals surface area contributed by atoms with Crippen LogP contribution in [-0.4, -0.2) is 28.2 Å². The van der Waals surface area contributed by atoms with Gasteiger partial charge in [-0.15, -0.1) is 11.6 Å². The minimum absolute atomic E-state index is 0.311. The van der Waals surface area contributed by atoms with E-state index >= 15 is 0 Å². The van der Waals surface area contributed by atoms with E-state index in [4.69, 9.17) is 21.1 Å². The number of carbonyl (C=O) groups is 2. The number of aliphatic hydroxyl groups is 1. The van der Waals surface area contributed by atoms with Crippen molar-refractivity contribution >= 4 is 23.5 Å². The Morgan fingerprint density at radius 1 is 1.28 bits per heavy atom. The van der Waals surface area contributed by atoms with Crippen molar-refractivity contribution in [2.45, 2.75) is 51.2 Å². The first-order valence-corrected chi connectivity index (χ1v) is 8.46. The molecule has 1 aromatic rings. The lowest BCUT2D eigenvalue weighted by molar-refractivity contribution is -0.185. The molecule has 0 amide bonds. The number of carbonyl (C=O) groups excluding carboxylic acids is 2. The Hall–Kier alpha value is -1.85. The Labute approximate surface area is 152 Å². The molecule has 0 radical (unpaired) electrons. The molecular weight excluding hydrogens is 344 g/mol. The van der Waals surface area contributed by atoms with E-state index in [1.165, 1.54) is 6.08 Å². The summed E-state index contributed by atoms with van der Waals surface area (Å²) >= 11 is 6.55. The molecule has 1 aliphatic rings. The van der Waals surface area contributed by atoms with Crippen LogP contribution < -0.4 is 0 Å². The van der Waals surface area contributed by atoms with Gasteiger partial charge in [0.05, 0.1) is 5.38 Å². The number of halogens is 1. The van der Waals surface area contributed by atoms with Crippen LogP contribution in [0.1, 0.15) is 44.2 Å². The number of ether oxygens (including phenoxy) is 2. The summed E-state index contributed by atoms with van der Waals surface area (Å²) in [6.45, 7) is 8.42. The SMILES string of the molecule is CC1=C[C@H]([C@](O)(C(=O)OC(C)(C)C)[C@@H](Cl)c2ccccc2C)C(=O)O1. The Morgan fingerprint density at radius 2 is 1.88 bits per heavy atom. The highest BCUT2D eigenvalue weighted by atomic mass is 35.5. The molecule has 2 rings (SSSR count). The van der Waals surface area contributed by atoms with Gasteiger partial charge in [0, 0.05) is 0 Å². The van der Waals surface area contributed by atoms with E-state index < -0.39 is 34.4 Å². The molecule has 0 spiro atoms. The zero-order valence-corrected chi connectivity index (χ0v) is 15.8. The first kappa shape index (κ1) is 19.5. The fourth-order valence-electron chi connectivity index (χ4n) is 2.72. The van der Waals surface area contributed by atoms with Crippen LogP contribution in [0.25, 0.3) is 0 Å². The molecule has 5 nitrogen and oxygen atoms in total. The summed E-state index contributed by atoms with van der Waals surface area (Å²) in [4.78, 5) is 25.1. The van der Waals surface area contributed by atoms with Crippen LogP contribution >= 0.6 is 11.6 Å². The third-order valence-electron chi connectivity index (χ3n) is 3.96. The van der Waals surface area contributed by atoms with E-state index in [-0.39, 0.29) is 0 Å². The molecule has 1 N–H and O–H groups in total. The molecule has 0 aromatic heterocycles. The molecule has 1 heterocycles. The van der Waals surface area contributed by atoms with Crippen molar-refractivity contribution < 1.29 is 24.2 Å². The van der Waals surface area contributed by atoms with Gasteiger partial charge in [0.2, 0.25) is 0 Å². The van der Waals surface area contributed by atoms with Gasteiger partial charge in [0.15, 0.2) is 5.60 Å². The van der Waals surface area contributed by atoms with E-state index in [0.717, 1.165) is 5.56 Å². The van der Waals surface area contributed by atoms with Crippen LogP contribution in [-0.2, 0) is 19.1 Å². The summed E-state index contributed by atoms with van der Waals surface area (Å²) < 4.78 is 10.4. The molecular formula is C19H23ClO5. The number of hydrogen-bond acceptors (Lipinski definition) is 5. The molecule has 0 unspecified atom stereocenters. The Balaban J connectivity index is 2.54. The molecule has 1 aromatic carbocycles. The highest BCUT2D eigenvalue weighted by Gasteiger charge is 2.57. The quantitative estimate of drug-likeness (QED) is 0.653. The molecule has 136 valence electrons. The van der Waals surface area contributed by atoms with E-state index in [1.54, 1.807) is 39.8 Å². The summed E-state index contributed by atoms with van der Waals surface area (Å²) in [5.74, 6) is -2.63. The van der Waals surface area contributed by atoms with E-state index in [2.05, 4.69) is 0 Å². The van der Waals surface area contributed by atoms with Gasteiger partial charge in [-0.1, -0.05) is 24.3 Å². The van der Waals surface area contributed by atoms with Gasteiger partial charge in [-0.05, 0) is 51.8 Å². The predicted octanol–water partition coefficient (Wildman–Crippen LogP) is 3.42. The lowest BCUT2D eigenvalue weighted by Crippen LogP contribution is -2.53. The lowest BCUT2D eigenvalue weighted by Gasteiger charge is -2.36. The number of aryl methyl sites for hydroxylation is 1. The number of cyclic esters (lactones) is 1. The van der Waals surface area contributed by atoms with Gasteiger partial charge in [-0.25, -0.2) is 4.79 Å². The maximum Gasteiger partial charge on any atom is 0.341 e. The molecule has 6 heteroatoms. The van der Waals surface area contributed by atoms with Gasteiger partial charge in [0.25, 0.3) is 0 Å². The van der Waals surface area contributed by atoms with Crippen molar-refractivity contribution in [1.82, 2.24) is 0 Å². The van der Waals surface area contributed by atoms with Gasteiger partial charge in [0.1, 0.15) is 17.3 Å². The third-order valence-corrected chi connectivity index (χ3v) is 4.53. The van der Waals surface area contributed by atoms with Crippen molar-refractivity contribution in [1.29, 1.82) is 0 Å². The molecule has 25 heavy (non-hydrogen) atoms. The van der Waals surface area contributed by atoms with Gasteiger partial charge >= 0.3 is 11.9 Å². The number of benzene rings is 1. The van der Waals surface area contributed by atoms with Crippen molar-refractivity contribution in [3.8, 4) is 0 Å². The molecule has 1 aliphatic heterocycles. The summed E-state index contributed by atoms with van der Waals surface area (Å²) in [7, 11) is 0. The van der Waals surface area contributed by atoms with Crippen molar-refractivity contribution in [3.05, 3.63) is 47.2 Å². The Bertz CT molecular complexity index is 719. The summed E-state index contributed by atoms with van der Waals surface area (Å²) in [5.41, 5.74) is -1.82. The van der Waals surface area contributed by atoms with Crippen LogP contribution in [0.15, 0.2) is 36.1 Å². The molecule has 0 fully saturated rings. The molecule has 0 aliphatic carbocycles. The largest absolute Gasteiger partial charge is 0.458 e. The van der Waals surface area contributed by atoms with Crippen LogP contribution in [0.5, 0.6) is 0 Å². The molecule has 3 atom stereocenters. The van der Waals surface area contributed by atoms with Gasteiger partial charge in [-0.2, -0.15) is 0 Å². The smallest absolute Gasteiger partial charge is 0.341 e. The zero-order chi connectivity index (χ0) is 19.0. The Morgan fingerprint density at radius 3 is 2.36 bits per heavy atom. The predicted molar refractivity (Wildman–Crippen MR) is 93.9 cm³/mol. The van der Waals surface area contributed by atoms with Crippen LogP contribution in [0.4, 0.5) is 0 Å². The zero-order valence-electron chi connectivity index (χ0n) is 15.0. The second kappa shape index (κ2) is 6.81. The van der Waals surface area contributed by atoms with Crippen LogP contribution in [0.3, 0.4) is 0 Å². The van der Waals surface area contributed by atoms with Crippen LogP contribution in [0, 0.1) is 12.8 Å². The normalized spacial score (nSPS) is 21.2.